The van der Waals surface area contributed by atoms with Crippen molar-refractivity contribution in [1.29, 1.82) is 0 Å². The Bertz CT molecular complexity index is 422. The fourth-order valence-electron chi connectivity index (χ4n) is 0.948. The highest BCUT2D eigenvalue weighted by atomic mass is 35.5. The predicted molar refractivity (Wildman–Crippen MR) is 46.6 cm³/mol. The van der Waals surface area contributed by atoms with E-state index in [-0.39, 0.29) is 5.02 Å². The molecule has 0 radical (unpaired) electrons. The first-order valence-electron chi connectivity index (χ1n) is 3.36. The smallest absolute Gasteiger partial charge is 0.286 e. The first kappa shape index (κ1) is 10.4. The van der Waals surface area contributed by atoms with Crippen LogP contribution >= 0.6 is 11.6 Å². The number of hydrogen-bond donors (Lipinski definition) is 1. The van der Waals surface area contributed by atoms with E-state index >= 15 is 0 Å². The van der Waals surface area contributed by atoms with Gasteiger partial charge < -0.3 is 5.73 Å². The van der Waals surface area contributed by atoms with Gasteiger partial charge in [-0.2, -0.15) is 0 Å². The number of nitro groups is 1. The van der Waals surface area contributed by atoms with Gasteiger partial charge in [-0.3, -0.25) is 14.9 Å². The maximum absolute atomic E-state index is 12.7. The van der Waals surface area contributed by atoms with Crippen molar-refractivity contribution in [2.24, 2.45) is 5.73 Å². The van der Waals surface area contributed by atoms with Gasteiger partial charge in [-0.1, -0.05) is 11.6 Å². The average molecular weight is 219 g/mol. The van der Waals surface area contributed by atoms with Gasteiger partial charge in [0.1, 0.15) is 11.4 Å². The molecule has 14 heavy (non-hydrogen) atoms. The molecule has 0 aliphatic carbocycles. The Kier molecular flexibility index (Phi) is 2.66. The van der Waals surface area contributed by atoms with Gasteiger partial charge in [-0.25, -0.2) is 4.39 Å². The molecule has 5 nitrogen and oxygen atoms in total. The minimum Gasteiger partial charge on any atom is -0.365 e. The predicted octanol–water partition coefficient (Wildman–Crippen LogP) is 1.49. The van der Waals surface area contributed by atoms with E-state index in [0.29, 0.717) is 6.07 Å². The molecule has 74 valence electrons. The number of carbonyl (C=O) groups is 1. The van der Waals surface area contributed by atoms with Gasteiger partial charge in [0.05, 0.1) is 16.0 Å². The molecule has 0 spiro atoms. The Balaban J connectivity index is 3.52. The topological polar surface area (TPSA) is 86.2 Å². The Hall–Kier alpha value is -1.69. The molecule has 1 aromatic carbocycles. The summed E-state index contributed by atoms with van der Waals surface area (Å²) >= 11 is 5.43. The first-order valence-corrected chi connectivity index (χ1v) is 3.74. The second-order valence-corrected chi connectivity index (χ2v) is 2.81. The van der Waals surface area contributed by atoms with Crippen molar-refractivity contribution in [3.05, 3.63) is 38.7 Å². The van der Waals surface area contributed by atoms with Gasteiger partial charge in [0.15, 0.2) is 0 Å². The molecule has 1 aromatic rings. The molecule has 0 heterocycles. The van der Waals surface area contributed by atoms with Gasteiger partial charge in [0.2, 0.25) is 0 Å². The van der Waals surface area contributed by atoms with Gasteiger partial charge in [-0.15, -0.1) is 0 Å². The summed E-state index contributed by atoms with van der Waals surface area (Å²) in [6.07, 6.45) is 0. The lowest BCUT2D eigenvalue weighted by molar-refractivity contribution is -0.385. The number of primary amides is 1. The molecule has 0 saturated heterocycles. The van der Waals surface area contributed by atoms with Crippen LogP contribution in [0.25, 0.3) is 0 Å². The molecule has 1 amide bonds. The monoisotopic (exact) mass is 218 g/mol. The maximum Gasteiger partial charge on any atom is 0.286 e. The highest BCUT2D eigenvalue weighted by Crippen LogP contribution is 2.27. The van der Waals surface area contributed by atoms with Crippen LogP contribution in [0.15, 0.2) is 12.1 Å². The first-order chi connectivity index (χ1) is 6.43. The average Bonchev–Trinajstić information content (AvgIpc) is 2.01. The number of nitrogens with two attached hydrogens (primary N) is 1. The SMILES string of the molecule is NC(=O)c1c(Cl)cc(F)cc1[N+](=O)[O-]. The van der Waals surface area contributed by atoms with Crippen LogP contribution in [-0.2, 0) is 0 Å². The lowest BCUT2D eigenvalue weighted by atomic mass is 10.1. The van der Waals surface area contributed by atoms with E-state index in [2.05, 4.69) is 0 Å². The van der Waals surface area contributed by atoms with Crippen molar-refractivity contribution in [1.82, 2.24) is 0 Å². The Labute approximate surface area is 82.4 Å². The second-order valence-electron chi connectivity index (χ2n) is 2.40. The highest BCUT2D eigenvalue weighted by molar-refractivity contribution is 6.34. The zero-order valence-corrected chi connectivity index (χ0v) is 7.42. The van der Waals surface area contributed by atoms with E-state index in [9.17, 15) is 19.3 Å². The number of amides is 1. The molecule has 0 saturated carbocycles. The lowest BCUT2D eigenvalue weighted by Crippen LogP contribution is -2.14. The van der Waals surface area contributed by atoms with E-state index in [1.54, 1.807) is 0 Å². The van der Waals surface area contributed by atoms with E-state index in [4.69, 9.17) is 17.3 Å². The number of hydrogen-bond acceptors (Lipinski definition) is 3. The van der Waals surface area contributed by atoms with E-state index in [1.165, 1.54) is 0 Å². The van der Waals surface area contributed by atoms with E-state index < -0.39 is 27.9 Å². The summed E-state index contributed by atoms with van der Waals surface area (Å²) in [6, 6.07) is 1.38. The fourth-order valence-corrected chi connectivity index (χ4v) is 1.24. The fraction of sp³-hybridized carbons (Fsp3) is 0. The van der Waals surface area contributed by atoms with Crippen LogP contribution in [0.3, 0.4) is 0 Å². The number of nitrogens with zero attached hydrogens (tertiary/aromatic N) is 1. The van der Waals surface area contributed by atoms with E-state index in [1.807, 2.05) is 0 Å². The summed E-state index contributed by atoms with van der Waals surface area (Å²) in [4.78, 5) is 20.3. The summed E-state index contributed by atoms with van der Waals surface area (Å²) in [5, 5.41) is 10.0. The van der Waals surface area contributed by atoms with Crippen molar-refractivity contribution >= 4 is 23.2 Å². The van der Waals surface area contributed by atoms with Crippen molar-refractivity contribution in [2.45, 2.75) is 0 Å². The number of rotatable bonds is 2. The van der Waals surface area contributed by atoms with Crippen LogP contribution in [0.5, 0.6) is 0 Å². The van der Waals surface area contributed by atoms with Crippen LogP contribution in [0.4, 0.5) is 10.1 Å². The number of halogens is 2. The third-order valence-electron chi connectivity index (χ3n) is 1.48. The molecule has 0 aromatic heterocycles. The molecule has 7 heteroatoms. The van der Waals surface area contributed by atoms with Crippen molar-refractivity contribution in [3.8, 4) is 0 Å². The molecular formula is C7H4ClFN2O3. The summed E-state index contributed by atoms with van der Waals surface area (Å²) < 4.78 is 12.7. The zero-order chi connectivity index (χ0) is 10.9. The summed E-state index contributed by atoms with van der Waals surface area (Å²) in [7, 11) is 0. The molecule has 0 fully saturated rings. The molecule has 2 N–H and O–H groups in total. The van der Waals surface area contributed by atoms with Crippen LogP contribution in [-0.4, -0.2) is 10.8 Å². The third-order valence-corrected chi connectivity index (χ3v) is 1.78. The molecular weight excluding hydrogens is 215 g/mol. The van der Waals surface area contributed by atoms with Gasteiger partial charge in [0.25, 0.3) is 11.6 Å². The number of benzene rings is 1. The standard InChI is InChI=1S/C7H4ClFN2O3/c8-4-1-3(9)2-5(11(13)14)6(4)7(10)12/h1-2H,(H2,10,12). The van der Waals surface area contributed by atoms with Crippen molar-refractivity contribution < 1.29 is 14.1 Å². The Morgan fingerprint density at radius 2 is 2.14 bits per heavy atom. The molecule has 0 bridgehead atoms. The van der Waals surface area contributed by atoms with Crippen LogP contribution in [0, 0.1) is 15.9 Å². The van der Waals surface area contributed by atoms with E-state index in [0.717, 1.165) is 6.07 Å². The van der Waals surface area contributed by atoms with Crippen LogP contribution < -0.4 is 5.73 Å². The molecule has 0 aliphatic rings. The summed E-state index contributed by atoms with van der Waals surface area (Å²) in [5.41, 5.74) is 3.63. The minimum absolute atomic E-state index is 0.371. The summed E-state index contributed by atoms with van der Waals surface area (Å²) in [6.45, 7) is 0. The molecule has 0 unspecified atom stereocenters. The normalized spacial score (nSPS) is 9.86. The Morgan fingerprint density at radius 1 is 1.57 bits per heavy atom. The number of carbonyl (C=O) groups excluding carboxylic acids is 1. The lowest BCUT2D eigenvalue weighted by Gasteiger charge is -2.01. The third kappa shape index (κ3) is 1.80. The molecule has 0 aliphatic heterocycles. The Morgan fingerprint density at radius 3 is 2.57 bits per heavy atom. The zero-order valence-electron chi connectivity index (χ0n) is 6.66. The van der Waals surface area contributed by atoms with Crippen LogP contribution in [0.1, 0.15) is 10.4 Å². The quantitative estimate of drug-likeness (QED) is 0.603. The molecule has 1 rings (SSSR count). The van der Waals surface area contributed by atoms with Gasteiger partial charge in [0, 0.05) is 0 Å². The maximum atomic E-state index is 12.7. The van der Waals surface area contributed by atoms with Gasteiger partial charge >= 0.3 is 0 Å². The van der Waals surface area contributed by atoms with Crippen molar-refractivity contribution in [3.63, 3.8) is 0 Å². The van der Waals surface area contributed by atoms with Crippen molar-refractivity contribution in [2.75, 3.05) is 0 Å². The second kappa shape index (κ2) is 3.59. The number of nitro benzene ring substituents is 1. The minimum atomic E-state index is -1.07. The highest BCUT2D eigenvalue weighted by Gasteiger charge is 2.23. The molecule has 0 atom stereocenters. The summed E-state index contributed by atoms with van der Waals surface area (Å²) in [5.74, 6) is -1.96. The van der Waals surface area contributed by atoms with Gasteiger partial charge in [-0.05, 0) is 6.07 Å². The van der Waals surface area contributed by atoms with Crippen LogP contribution in [0.2, 0.25) is 5.02 Å². The largest absolute Gasteiger partial charge is 0.365 e.